The van der Waals surface area contributed by atoms with E-state index in [1.807, 2.05) is 18.2 Å². The maximum atomic E-state index is 9.92. The largest absolute Gasteiger partial charge is 0.464 e. The van der Waals surface area contributed by atoms with Crippen molar-refractivity contribution in [1.29, 1.82) is 0 Å². The Bertz CT molecular complexity index is 461. The number of fused-ring (bicyclic) bond motifs is 1. The first-order valence-electron chi connectivity index (χ1n) is 3.96. The first-order chi connectivity index (χ1) is 6.81. The first kappa shape index (κ1) is 9.51. The molecule has 4 heteroatoms. The van der Waals surface area contributed by atoms with Crippen molar-refractivity contribution in [2.45, 2.75) is 6.61 Å². The zero-order valence-electron chi connectivity index (χ0n) is 7.12. The van der Waals surface area contributed by atoms with E-state index in [-0.39, 0.29) is 6.61 Å². The number of ether oxygens (including phenoxy) is 1. The Morgan fingerprint density at radius 3 is 3.14 bits per heavy atom. The second-order valence-electron chi connectivity index (χ2n) is 2.77. The minimum absolute atomic E-state index is 0.205. The highest BCUT2D eigenvalue weighted by molar-refractivity contribution is 14.1. The molecule has 71 valence electrons. The van der Waals surface area contributed by atoms with Crippen LogP contribution in [0.5, 0.6) is 0 Å². The van der Waals surface area contributed by atoms with E-state index >= 15 is 0 Å². The van der Waals surface area contributed by atoms with Gasteiger partial charge < -0.3 is 9.15 Å². The Morgan fingerprint density at radius 1 is 1.50 bits per heavy atom. The third-order valence-electron chi connectivity index (χ3n) is 1.90. The van der Waals surface area contributed by atoms with E-state index in [9.17, 15) is 4.79 Å². The minimum Gasteiger partial charge on any atom is -0.464 e. The van der Waals surface area contributed by atoms with Gasteiger partial charge in [0.05, 0.1) is 6.26 Å². The number of carbonyl (C=O) groups excluding carboxylic acids is 1. The van der Waals surface area contributed by atoms with Gasteiger partial charge in [-0.25, -0.2) is 4.79 Å². The summed E-state index contributed by atoms with van der Waals surface area (Å²) in [7, 11) is 0. The fourth-order valence-electron chi connectivity index (χ4n) is 1.27. The maximum Gasteiger partial charge on any atom is 0.417 e. The lowest BCUT2D eigenvalue weighted by atomic mass is 10.2. The topological polar surface area (TPSA) is 39.4 Å². The predicted octanol–water partition coefficient (Wildman–Crippen LogP) is 2.62. The highest BCUT2D eigenvalue weighted by Crippen LogP contribution is 2.23. The molecule has 1 radical (unpaired) electrons. The van der Waals surface area contributed by atoms with E-state index in [2.05, 4.69) is 27.3 Å². The Hall–Kier alpha value is -1.04. The molecule has 0 bridgehead atoms. The summed E-state index contributed by atoms with van der Waals surface area (Å²) >= 11 is 2.22. The third-order valence-corrected chi connectivity index (χ3v) is 2.57. The second kappa shape index (κ2) is 4.00. The zero-order chi connectivity index (χ0) is 9.97. The van der Waals surface area contributed by atoms with Crippen LogP contribution in [0.1, 0.15) is 5.56 Å². The SMILES string of the molecule is O=[C]OCc1coc2ccc(I)cc12. The quantitative estimate of drug-likeness (QED) is 0.818. The molecule has 0 N–H and O–H groups in total. The average Bonchev–Trinajstić information content (AvgIpc) is 2.57. The molecule has 0 amide bonds. The summed E-state index contributed by atoms with van der Waals surface area (Å²) in [6, 6.07) is 5.84. The molecule has 1 aromatic carbocycles. The van der Waals surface area contributed by atoms with Gasteiger partial charge in [-0.2, -0.15) is 0 Å². The normalized spacial score (nSPS) is 10.4. The Morgan fingerprint density at radius 2 is 2.36 bits per heavy atom. The van der Waals surface area contributed by atoms with Gasteiger partial charge >= 0.3 is 6.47 Å². The molecular weight excluding hydrogens is 295 g/mol. The van der Waals surface area contributed by atoms with Gasteiger partial charge in [0, 0.05) is 14.5 Å². The molecule has 0 aliphatic carbocycles. The molecule has 0 saturated heterocycles. The highest BCUT2D eigenvalue weighted by atomic mass is 127. The van der Waals surface area contributed by atoms with Gasteiger partial charge in [-0.05, 0) is 40.8 Å². The molecule has 0 aliphatic rings. The minimum atomic E-state index is 0.205. The molecule has 0 saturated carbocycles. The molecule has 0 atom stereocenters. The highest BCUT2D eigenvalue weighted by Gasteiger charge is 2.06. The molecule has 14 heavy (non-hydrogen) atoms. The molecule has 2 rings (SSSR count). The predicted molar refractivity (Wildman–Crippen MR) is 59.4 cm³/mol. The van der Waals surface area contributed by atoms with Crippen LogP contribution >= 0.6 is 22.6 Å². The van der Waals surface area contributed by atoms with E-state index in [1.54, 1.807) is 6.26 Å². The third kappa shape index (κ3) is 1.75. The van der Waals surface area contributed by atoms with Gasteiger partial charge in [-0.3, -0.25) is 0 Å². The van der Waals surface area contributed by atoms with Crippen molar-refractivity contribution in [2.75, 3.05) is 0 Å². The Kier molecular flexibility index (Phi) is 2.72. The van der Waals surface area contributed by atoms with Gasteiger partial charge in [-0.1, -0.05) is 0 Å². The van der Waals surface area contributed by atoms with Crippen molar-refractivity contribution in [3.63, 3.8) is 0 Å². The smallest absolute Gasteiger partial charge is 0.417 e. The van der Waals surface area contributed by atoms with Crippen molar-refractivity contribution in [3.05, 3.63) is 33.6 Å². The first-order valence-corrected chi connectivity index (χ1v) is 5.03. The van der Waals surface area contributed by atoms with Gasteiger partial charge in [-0.15, -0.1) is 0 Å². The number of furan rings is 1. The number of hydrogen-bond donors (Lipinski definition) is 0. The van der Waals surface area contributed by atoms with Gasteiger partial charge in [0.15, 0.2) is 0 Å². The van der Waals surface area contributed by atoms with Crippen LogP contribution in [-0.4, -0.2) is 6.47 Å². The summed E-state index contributed by atoms with van der Waals surface area (Å²) in [5.41, 5.74) is 1.66. The zero-order valence-corrected chi connectivity index (χ0v) is 9.28. The average molecular weight is 301 g/mol. The standard InChI is InChI=1S/C10H6IO3/c11-8-1-2-10-9(3-8)7(5-14-10)4-13-6-12/h1-3,5H,4H2. The van der Waals surface area contributed by atoms with Crippen LogP contribution in [0.3, 0.4) is 0 Å². The summed E-state index contributed by atoms with van der Waals surface area (Å²) in [4.78, 5) is 9.92. The summed E-state index contributed by atoms with van der Waals surface area (Å²) in [6.45, 7) is 1.60. The molecule has 0 aliphatic heterocycles. The lowest BCUT2D eigenvalue weighted by Crippen LogP contribution is -1.87. The van der Waals surface area contributed by atoms with Gasteiger partial charge in [0.1, 0.15) is 12.2 Å². The van der Waals surface area contributed by atoms with Crippen LogP contribution in [0.2, 0.25) is 0 Å². The number of hydrogen-bond acceptors (Lipinski definition) is 3. The summed E-state index contributed by atoms with van der Waals surface area (Å²) < 4.78 is 11.0. The number of benzene rings is 1. The maximum absolute atomic E-state index is 9.92. The molecule has 1 aromatic heterocycles. The Balaban J connectivity index is 2.44. The molecule has 0 fully saturated rings. The van der Waals surface area contributed by atoms with Crippen LogP contribution in [0, 0.1) is 3.57 Å². The van der Waals surface area contributed by atoms with Gasteiger partial charge in [0.2, 0.25) is 0 Å². The van der Waals surface area contributed by atoms with Crippen molar-refractivity contribution in [2.24, 2.45) is 0 Å². The second-order valence-corrected chi connectivity index (χ2v) is 4.02. The molecule has 0 unspecified atom stereocenters. The lowest BCUT2D eigenvalue weighted by molar-refractivity contribution is 0.267. The van der Waals surface area contributed by atoms with Crippen molar-refractivity contribution < 1.29 is 13.9 Å². The van der Waals surface area contributed by atoms with Crippen molar-refractivity contribution in [1.82, 2.24) is 0 Å². The molecule has 0 spiro atoms. The van der Waals surface area contributed by atoms with E-state index in [4.69, 9.17) is 4.42 Å². The molecule has 2 aromatic rings. The van der Waals surface area contributed by atoms with E-state index in [1.165, 1.54) is 6.47 Å². The fourth-order valence-corrected chi connectivity index (χ4v) is 1.76. The fraction of sp³-hybridized carbons (Fsp3) is 0.100. The molecule has 3 nitrogen and oxygen atoms in total. The number of halogens is 1. The van der Waals surface area contributed by atoms with E-state index in [0.29, 0.717) is 0 Å². The van der Waals surface area contributed by atoms with Crippen molar-refractivity contribution >= 4 is 40.0 Å². The van der Waals surface area contributed by atoms with E-state index < -0.39 is 0 Å². The molecular formula is C10H6IO3. The lowest BCUT2D eigenvalue weighted by Gasteiger charge is -1.95. The summed E-state index contributed by atoms with van der Waals surface area (Å²) in [5, 5.41) is 0.979. The van der Waals surface area contributed by atoms with Crippen LogP contribution in [0.25, 0.3) is 11.0 Å². The summed E-state index contributed by atoms with van der Waals surface area (Å²) in [5.74, 6) is 0. The van der Waals surface area contributed by atoms with Crippen LogP contribution in [0.15, 0.2) is 28.9 Å². The van der Waals surface area contributed by atoms with Gasteiger partial charge in [0.25, 0.3) is 0 Å². The number of rotatable bonds is 3. The van der Waals surface area contributed by atoms with Crippen LogP contribution in [0.4, 0.5) is 0 Å². The molecule has 1 heterocycles. The monoisotopic (exact) mass is 301 g/mol. The van der Waals surface area contributed by atoms with E-state index in [0.717, 1.165) is 20.1 Å². The summed E-state index contributed by atoms with van der Waals surface area (Å²) in [6.07, 6.45) is 1.60. The van der Waals surface area contributed by atoms with Crippen LogP contribution in [-0.2, 0) is 16.1 Å². The van der Waals surface area contributed by atoms with Crippen LogP contribution < -0.4 is 0 Å². The Labute approximate surface area is 94.2 Å². The van der Waals surface area contributed by atoms with Crippen molar-refractivity contribution in [3.8, 4) is 0 Å².